The molecule has 0 aliphatic carbocycles. The zero-order valence-corrected chi connectivity index (χ0v) is 16.8. The number of ether oxygens (including phenoxy) is 1. The highest BCUT2D eigenvalue weighted by molar-refractivity contribution is 5.98. The molecule has 4 rings (SSSR count). The van der Waals surface area contributed by atoms with Gasteiger partial charge in [0, 0.05) is 50.5 Å². The first-order valence-electron chi connectivity index (χ1n) is 10.1. The zero-order chi connectivity index (χ0) is 20.1. The first kappa shape index (κ1) is 19.3. The summed E-state index contributed by atoms with van der Waals surface area (Å²) in [7, 11) is 1.69. The van der Waals surface area contributed by atoms with Gasteiger partial charge < -0.3 is 15.0 Å². The Bertz CT molecular complexity index is 963. The predicted molar refractivity (Wildman–Crippen MR) is 118 cm³/mol. The van der Waals surface area contributed by atoms with Gasteiger partial charge in [0.05, 0.1) is 7.11 Å². The minimum Gasteiger partial charge on any atom is -0.497 e. The van der Waals surface area contributed by atoms with Crippen LogP contribution in [0.5, 0.6) is 5.75 Å². The van der Waals surface area contributed by atoms with E-state index in [1.165, 1.54) is 5.69 Å². The Kier molecular flexibility index (Phi) is 5.96. The topological polar surface area (TPSA) is 44.8 Å². The van der Waals surface area contributed by atoms with E-state index in [1.807, 2.05) is 48.5 Å². The lowest BCUT2D eigenvalue weighted by Crippen LogP contribution is -2.48. The third kappa shape index (κ3) is 4.69. The molecule has 0 saturated carbocycles. The van der Waals surface area contributed by atoms with Crippen molar-refractivity contribution in [2.24, 2.45) is 0 Å². The molecule has 29 heavy (non-hydrogen) atoms. The van der Waals surface area contributed by atoms with Crippen LogP contribution in [-0.4, -0.2) is 57.2 Å². The van der Waals surface area contributed by atoms with Crippen LogP contribution in [0.25, 0.3) is 10.8 Å². The first-order chi connectivity index (χ1) is 14.2. The molecule has 1 fully saturated rings. The van der Waals surface area contributed by atoms with Gasteiger partial charge in [0.15, 0.2) is 0 Å². The Morgan fingerprint density at radius 1 is 0.931 bits per heavy atom. The Labute approximate surface area is 171 Å². The Morgan fingerprint density at radius 3 is 2.38 bits per heavy atom. The zero-order valence-electron chi connectivity index (χ0n) is 16.8. The van der Waals surface area contributed by atoms with E-state index in [2.05, 4.69) is 33.3 Å². The average Bonchev–Trinajstić information content (AvgIpc) is 2.79. The molecule has 0 aromatic heterocycles. The largest absolute Gasteiger partial charge is 0.497 e. The highest BCUT2D eigenvalue weighted by Gasteiger charge is 2.17. The summed E-state index contributed by atoms with van der Waals surface area (Å²) < 4.78 is 5.23. The van der Waals surface area contributed by atoms with Crippen molar-refractivity contribution in [2.75, 3.05) is 51.3 Å². The van der Waals surface area contributed by atoms with Crippen LogP contribution >= 0.6 is 0 Å². The van der Waals surface area contributed by atoms with E-state index < -0.39 is 0 Å². The van der Waals surface area contributed by atoms with Gasteiger partial charge in [-0.1, -0.05) is 30.3 Å². The SMILES string of the molecule is COc1ccc(N2CCN(CCNC(=O)c3ccc4ccccc4c3)CC2)cc1. The number of methoxy groups -OCH3 is 1. The van der Waals surface area contributed by atoms with E-state index >= 15 is 0 Å². The summed E-state index contributed by atoms with van der Waals surface area (Å²) in [5.41, 5.74) is 1.95. The molecule has 1 amide bonds. The summed E-state index contributed by atoms with van der Waals surface area (Å²) in [6.07, 6.45) is 0. The van der Waals surface area contributed by atoms with Crippen molar-refractivity contribution < 1.29 is 9.53 Å². The maximum atomic E-state index is 12.5. The standard InChI is InChI=1S/C24H27N3O2/c1-29-23-10-8-22(9-11-23)27-16-14-26(15-17-27)13-12-25-24(28)21-7-6-19-4-2-3-5-20(19)18-21/h2-11,18H,12-17H2,1H3,(H,25,28). The number of nitrogens with zero attached hydrogens (tertiary/aromatic N) is 2. The fraction of sp³-hybridized carbons (Fsp3) is 0.292. The highest BCUT2D eigenvalue weighted by Crippen LogP contribution is 2.20. The molecule has 0 unspecified atom stereocenters. The van der Waals surface area contributed by atoms with E-state index in [9.17, 15) is 4.79 Å². The van der Waals surface area contributed by atoms with Gasteiger partial charge in [0.2, 0.25) is 0 Å². The number of nitrogens with one attached hydrogen (secondary N) is 1. The molecule has 1 heterocycles. The second kappa shape index (κ2) is 8.97. The van der Waals surface area contributed by atoms with Crippen LogP contribution in [0.4, 0.5) is 5.69 Å². The van der Waals surface area contributed by atoms with Gasteiger partial charge in [0.25, 0.3) is 5.91 Å². The number of anilines is 1. The number of hydrogen-bond donors (Lipinski definition) is 1. The molecule has 0 spiro atoms. The molecule has 1 N–H and O–H groups in total. The van der Waals surface area contributed by atoms with E-state index in [0.29, 0.717) is 12.1 Å². The van der Waals surface area contributed by atoms with Crippen LogP contribution in [0.2, 0.25) is 0 Å². The molecule has 5 heteroatoms. The first-order valence-corrected chi connectivity index (χ1v) is 10.1. The number of amides is 1. The Hall–Kier alpha value is -3.05. The highest BCUT2D eigenvalue weighted by atomic mass is 16.5. The van der Waals surface area contributed by atoms with Crippen molar-refractivity contribution in [3.05, 3.63) is 72.3 Å². The second-order valence-electron chi connectivity index (χ2n) is 7.34. The van der Waals surface area contributed by atoms with Crippen molar-refractivity contribution in [3.8, 4) is 5.75 Å². The molecule has 0 bridgehead atoms. The lowest BCUT2D eigenvalue weighted by molar-refractivity contribution is 0.0948. The van der Waals surface area contributed by atoms with Crippen LogP contribution in [0.3, 0.4) is 0 Å². The molecular formula is C24H27N3O2. The van der Waals surface area contributed by atoms with Crippen molar-refractivity contribution in [1.82, 2.24) is 10.2 Å². The lowest BCUT2D eigenvalue weighted by atomic mass is 10.1. The van der Waals surface area contributed by atoms with Gasteiger partial charge in [-0.2, -0.15) is 0 Å². The number of carbonyl (C=O) groups is 1. The normalized spacial score (nSPS) is 14.7. The molecule has 0 atom stereocenters. The minimum absolute atomic E-state index is 0.00683. The maximum Gasteiger partial charge on any atom is 0.251 e. The summed E-state index contributed by atoms with van der Waals surface area (Å²) in [5, 5.41) is 5.30. The molecular weight excluding hydrogens is 362 g/mol. The minimum atomic E-state index is -0.00683. The number of fused-ring (bicyclic) bond motifs is 1. The molecule has 3 aromatic rings. The summed E-state index contributed by atoms with van der Waals surface area (Å²) in [6.45, 7) is 5.51. The van der Waals surface area contributed by atoms with Gasteiger partial charge in [0.1, 0.15) is 5.75 Å². The van der Waals surface area contributed by atoms with Gasteiger partial charge in [-0.05, 0) is 47.2 Å². The Balaban J connectivity index is 1.23. The van der Waals surface area contributed by atoms with E-state index in [4.69, 9.17) is 4.74 Å². The monoisotopic (exact) mass is 389 g/mol. The summed E-state index contributed by atoms with van der Waals surface area (Å²) >= 11 is 0. The number of piperazine rings is 1. The smallest absolute Gasteiger partial charge is 0.251 e. The number of rotatable bonds is 6. The lowest BCUT2D eigenvalue weighted by Gasteiger charge is -2.36. The van der Waals surface area contributed by atoms with Crippen molar-refractivity contribution in [3.63, 3.8) is 0 Å². The molecule has 150 valence electrons. The quantitative estimate of drug-likeness (QED) is 0.702. The third-order valence-corrected chi connectivity index (χ3v) is 5.54. The molecule has 0 radical (unpaired) electrons. The van der Waals surface area contributed by atoms with E-state index in [0.717, 1.165) is 49.2 Å². The van der Waals surface area contributed by atoms with Crippen molar-refractivity contribution >= 4 is 22.4 Å². The summed E-state index contributed by atoms with van der Waals surface area (Å²) in [5.74, 6) is 0.877. The molecule has 1 saturated heterocycles. The third-order valence-electron chi connectivity index (χ3n) is 5.54. The van der Waals surface area contributed by atoms with Crippen LogP contribution in [0.15, 0.2) is 66.7 Å². The van der Waals surface area contributed by atoms with Crippen LogP contribution in [0.1, 0.15) is 10.4 Å². The van der Waals surface area contributed by atoms with Gasteiger partial charge in [-0.25, -0.2) is 0 Å². The fourth-order valence-electron chi connectivity index (χ4n) is 3.78. The van der Waals surface area contributed by atoms with E-state index in [-0.39, 0.29) is 5.91 Å². The van der Waals surface area contributed by atoms with Crippen molar-refractivity contribution in [1.29, 1.82) is 0 Å². The Morgan fingerprint density at radius 2 is 1.66 bits per heavy atom. The number of hydrogen-bond acceptors (Lipinski definition) is 4. The number of benzene rings is 3. The average molecular weight is 389 g/mol. The summed E-state index contributed by atoms with van der Waals surface area (Å²) in [4.78, 5) is 17.3. The second-order valence-corrected chi connectivity index (χ2v) is 7.34. The number of carbonyl (C=O) groups excluding carboxylic acids is 1. The molecule has 1 aliphatic heterocycles. The summed E-state index contributed by atoms with van der Waals surface area (Å²) in [6, 6.07) is 22.2. The predicted octanol–water partition coefficient (Wildman–Crippen LogP) is 3.40. The van der Waals surface area contributed by atoms with Crippen molar-refractivity contribution in [2.45, 2.75) is 0 Å². The van der Waals surface area contributed by atoms with Gasteiger partial charge >= 0.3 is 0 Å². The van der Waals surface area contributed by atoms with E-state index in [1.54, 1.807) is 7.11 Å². The van der Waals surface area contributed by atoms with Crippen LogP contribution < -0.4 is 15.0 Å². The van der Waals surface area contributed by atoms with Gasteiger partial charge in [-0.15, -0.1) is 0 Å². The molecule has 1 aliphatic rings. The molecule has 5 nitrogen and oxygen atoms in total. The molecule has 3 aromatic carbocycles. The fourth-order valence-corrected chi connectivity index (χ4v) is 3.78. The van der Waals surface area contributed by atoms with Crippen LogP contribution in [-0.2, 0) is 0 Å². The van der Waals surface area contributed by atoms with Gasteiger partial charge in [-0.3, -0.25) is 9.69 Å². The maximum absolute atomic E-state index is 12.5. The van der Waals surface area contributed by atoms with Crippen LogP contribution in [0, 0.1) is 0 Å².